The predicted octanol–water partition coefficient (Wildman–Crippen LogP) is 6.99. The Balaban J connectivity index is 0.000000166. The van der Waals surface area contributed by atoms with Gasteiger partial charge in [-0.25, -0.2) is 8.78 Å². The lowest BCUT2D eigenvalue weighted by molar-refractivity contribution is -0.114. The van der Waals surface area contributed by atoms with Gasteiger partial charge in [-0.05, 0) is 70.8 Å². The number of carbonyl (C=O) groups excluding carboxylic acids is 1. The summed E-state index contributed by atoms with van der Waals surface area (Å²) in [5, 5.41) is 2.43. The molecule has 0 aromatic heterocycles. The van der Waals surface area contributed by atoms with Crippen molar-refractivity contribution in [1.82, 2.24) is 0 Å². The quantitative estimate of drug-likeness (QED) is 0.203. The first-order valence-corrected chi connectivity index (χ1v) is 12.6. The van der Waals surface area contributed by atoms with Crippen molar-refractivity contribution in [2.45, 2.75) is 6.92 Å². The van der Waals surface area contributed by atoms with Gasteiger partial charge in [0.1, 0.15) is 11.6 Å². The molecule has 4 aromatic carbocycles. The number of nitrogen functional groups attached to an aromatic ring is 1. The van der Waals surface area contributed by atoms with Crippen molar-refractivity contribution < 1.29 is 32.5 Å². The number of nitrogens with one attached hydrogen (secondary N) is 1. The number of nitrogens with two attached hydrogens (primary N) is 1. The fraction of sp³-hybridized carbons (Fsp3) is 0.0938. The maximum absolute atomic E-state index is 13.8. The highest BCUT2D eigenvalue weighted by molar-refractivity contribution is 5.89. The highest BCUT2D eigenvalue weighted by Crippen LogP contribution is 2.34. The normalized spacial score (nSPS) is 12.9. The molecule has 2 aliphatic heterocycles. The maximum atomic E-state index is 13.8. The van der Waals surface area contributed by atoms with E-state index in [4.69, 9.17) is 24.7 Å². The summed E-state index contributed by atoms with van der Waals surface area (Å²) in [5.74, 6) is 1.72. The lowest BCUT2D eigenvalue weighted by Gasteiger charge is -2.04. The number of carbonyl (C=O) groups is 1. The van der Waals surface area contributed by atoms with Crippen molar-refractivity contribution in [1.29, 1.82) is 0 Å². The molecule has 0 radical (unpaired) electrons. The van der Waals surface area contributed by atoms with Crippen LogP contribution in [0.15, 0.2) is 72.8 Å². The van der Waals surface area contributed by atoms with E-state index in [9.17, 15) is 13.6 Å². The zero-order valence-electron chi connectivity index (χ0n) is 22.0. The second-order valence-electron chi connectivity index (χ2n) is 9.09. The van der Waals surface area contributed by atoms with E-state index in [1.807, 2.05) is 54.6 Å². The largest absolute Gasteiger partial charge is 0.454 e. The Labute approximate surface area is 235 Å². The number of ether oxygens (including phenoxy) is 4. The molecule has 6 rings (SSSR count). The number of hydrogen-bond acceptors (Lipinski definition) is 6. The summed E-state index contributed by atoms with van der Waals surface area (Å²) >= 11 is 0. The summed E-state index contributed by atoms with van der Waals surface area (Å²) < 4.78 is 48.2. The molecule has 208 valence electrons. The van der Waals surface area contributed by atoms with Gasteiger partial charge in [0.2, 0.25) is 19.5 Å². The molecule has 0 saturated carbocycles. The Bertz CT molecular complexity index is 1650. The van der Waals surface area contributed by atoms with Crippen molar-refractivity contribution in [3.05, 3.63) is 107 Å². The van der Waals surface area contributed by atoms with Gasteiger partial charge in [-0.3, -0.25) is 4.79 Å². The molecule has 2 aliphatic rings. The molecule has 4 aromatic rings. The van der Waals surface area contributed by atoms with E-state index in [-0.39, 0.29) is 30.9 Å². The Hall–Kier alpha value is -5.31. The van der Waals surface area contributed by atoms with Crippen molar-refractivity contribution in [3.8, 4) is 23.0 Å². The number of fused-ring (bicyclic) bond motifs is 2. The number of halogens is 2. The standard InChI is InChI=1S/C17H14FNO3.C15H12FNO2/c1-11(20)19-15-6-4-12(8-14(15)18)2-3-13-5-7-16-17(9-13)22-10-21-16;16-12-7-10(3-5-13(12)17)1-2-11-4-6-14-15(8-11)19-9-18-14/h2-9H,10H2,1H3,(H,19,20);1-8H,9,17H2/b3-2+;2-1+. The predicted molar refractivity (Wildman–Crippen MR) is 155 cm³/mol. The van der Waals surface area contributed by atoms with Crippen LogP contribution in [0.3, 0.4) is 0 Å². The van der Waals surface area contributed by atoms with Crippen LogP contribution in [-0.2, 0) is 4.79 Å². The molecule has 41 heavy (non-hydrogen) atoms. The smallest absolute Gasteiger partial charge is 0.231 e. The number of amides is 1. The van der Waals surface area contributed by atoms with Gasteiger partial charge in [0, 0.05) is 6.92 Å². The third-order valence-corrected chi connectivity index (χ3v) is 6.06. The molecule has 0 spiro atoms. The van der Waals surface area contributed by atoms with Gasteiger partial charge in [-0.1, -0.05) is 48.6 Å². The van der Waals surface area contributed by atoms with Crippen molar-refractivity contribution in [2.24, 2.45) is 0 Å². The van der Waals surface area contributed by atoms with E-state index in [2.05, 4.69) is 5.32 Å². The van der Waals surface area contributed by atoms with Gasteiger partial charge < -0.3 is 30.0 Å². The second kappa shape index (κ2) is 12.3. The van der Waals surface area contributed by atoms with Crippen LogP contribution in [0, 0.1) is 11.6 Å². The summed E-state index contributed by atoms with van der Waals surface area (Å²) in [5.41, 5.74) is 9.09. The molecule has 2 heterocycles. The molecule has 0 unspecified atom stereocenters. The summed E-state index contributed by atoms with van der Waals surface area (Å²) in [6, 6.07) is 20.6. The van der Waals surface area contributed by atoms with E-state index in [1.54, 1.807) is 24.3 Å². The van der Waals surface area contributed by atoms with Gasteiger partial charge in [0.15, 0.2) is 23.0 Å². The first-order valence-electron chi connectivity index (χ1n) is 12.6. The van der Waals surface area contributed by atoms with Crippen LogP contribution in [0.2, 0.25) is 0 Å². The minimum Gasteiger partial charge on any atom is -0.454 e. The lowest BCUT2D eigenvalue weighted by Crippen LogP contribution is -2.07. The molecule has 3 N–H and O–H groups in total. The number of rotatable bonds is 5. The first kappa shape index (κ1) is 27.3. The van der Waals surface area contributed by atoms with Crippen LogP contribution in [0.1, 0.15) is 29.2 Å². The van der Waals surface area contributed by atoms with Gasteiger partial charge in [0.25, 0.3) is 0 Å². The summed E-state index contributed by atoms with van der Waals surface area (Å²) in [4.78, 5) is 10.9. The summed E-state index contributed by atoms with van der Waals surface area (Å²) in [7, 11) is 0. The zero-order valence-corrected chi connectivity index (χ0v) is 22.0. The fourth-order valence-electron chi connectivity index (χ4n) is 3.99. The SMILES string of the molecule is CC(=O)Nc1ccc(/C=C/c2ccc3c(c2)OCO3)cc1F.Nc1ccc(/C=C/c2ccc3c(c2)OCO3)cc1F. The second-order valence-corrected chi connectivity index (χ2v) is 9.09. The third kappa shape index (κ3) is 7.02. The van der Waals surface area contributed by atoms with Crippen LogP contribution in [0.25, 0.3) is 24.3 Å². The van der Waals surface area contributed by atoms with Gasteiger partial charge in [0.05, 0.1) is 11.4 Å². The monoisotopic (exact) mass is 556 g/mol. The van der Waals surface area contributed by atoms with E-state index in [0.717, 1.165) is 33.9 Å². The van der Waals surface area contributed by atoms with Crippen LogP contribution < -0.4 is 30.0 Å². The molecule has 0 aliphatic carbocycles. The van der Waals surface area contributed by atoms with Crippen molar-refractivity contribution >= 4 is 41.6 Å². The van der Waals surface area contributed by atoms with Crippen LogP contribution in [-0.4, -0.2) is 19.5 Å². The topological polar surface area (TPSA) is 92.0 Å². The Morgan fingerprint density at radius 1 is 0.659 bits per heavy atom. The van der Waals surface area contributed by atoms with Gasteiger partial charge in [-0.2, -0.15) is 0 Å². The molecule has 7 nitrogen and oxygen atoms in total. The van der Waals surface area contributed by atoms with E-state index < -0.39 is 11.6 Å². The fourth-order valence-corrected chi connectivity index (χ4v) is 3.99. The number of anilines is 2. The lowest BCUT2D eigenvalue weighted by atomic mass is 10.1. The average Bonchev–Trinajstić information content (AvgIpc) is 3.63. The zero-order chi connectivity index (χ0) is 28.8. The third-order valence-electron chi connectivity index (χ3n) is 6.06. The Morgan fingerprint density at radius 3 is 1.59 bits per heavy atom. The van der Waals surface area contributed by atoms with Gasteiger partial charge in [-0.15, -0.1) is 0 Å². The van der Waals surface area contributed by atoms with Gasteiger partial charge >= 0.3 is 0 Å². The van der Waals surface area contributed by atoms with E-state index in [1.165, 1.54) is 25.1 Å². The summed E-state index contributed by atoms with van der Waals surface area (Å²) in [6.07, 6.45) is 7.35. The minimum atomic E-state index is -0.469. The highest BCUT2D eigenvalue weighted by atomic mass is 19.1. The first-order chi connectivity index (χ1) is 19.8. The summed E-state index contributed by atoms with van der Waals surface area (Å²) in [6.45, 7) is 1.83. The van der Waals surface area contributed by atoms with Crippen LogP contribution in [0.4, 0.5) is 20.2 Å². The molecular formula is C32H26F2N2O5. The molecule has 0 fully saturated rings. The van der Waals surface area contributed by atoms with E-state index >= 15 is 0 Å². The molecule has 0 bridgehead atoms. The highest BCUT2D eigenvalue weighted by Gasteiger charge is 2.13. The molecule has 0 atom stereocenters. The minimum absolute atomic E-state index is 0.153. The number of hydrogen-bond donors (Lipinski definition) is 2. The molecule has 1 amide bonds. The van der Waals surface area contributed by atoms with Crippen molar-refractivity contribution in [3.63, 3.8) is 0 Å². The van der Waals surface area contributed by atoms with E-state index in [0.29, 0.717) is 11.3 Å². The molecule has 0 saturated heterocycles. The molecule has 9 heteroatoms. The van der Waals surface area contributed by atoms with Crippen molar-refractivity contribution in [2.75, 3.05) is 24.6 Å². The van der Waals surface area contributed by atoms with Crippen LogP contribution >= 0.6 is 0 Å². The van der Waals surface area contributed by atoms with Crippen LogP contribution in [0.5, 0.6) is 23.0 Å². The Morgan fingerprint density at radius 2 is 1.10 bits per heavy atom. The Kier molecular flexibility index (Phi) is 8.15. The molecular weight excluding hydrogens is 530 g/mol. The number of benzene rings is 4. The average molecular weight is 557 g/mol. The maximum Gasteiger partial charge on any atom is 0.231 e.